The van der Waals surface area contributed by atoms with Crippen molar-refractivity contribution in [2.24, 2.45) is 0 Å². The van der Waals surface area contributed by atoms with Crippen LogP contribution >= 0.6 is 0 Å². The lowest BCUT2D eigenvalue weighted by Gasteiger charge is -2.33. The number of hydrogen-bond acceptors (Lipinski definition) is 2. The summed E-state index contributed by atoms with van der Waals surface area (Å²) in [5.74, 6) is -11.1. The lowest BCUT2D eigenvalue weighted by atomic mass is 10.0. The number of halogens is 6. The minimum absolute atomic E-state index is 0.205. The molecule has 19 heavy (non-hydrogen) atoms. The van der Waals surface area contributed by atoms with Crippen molar-refractivity contribution in [2.45, 2.75) is 61.4 Å². The fourth-order valence-electron chi connectivity index (χ4n) is 2.02. The molecule has 0 aromatic rings. The first-order valence-electron chi connectivity index (χ1n) is 5.72. The summed E-state index contributed by atoms with van der Waals surface area (Å²) in [6.45, 7) is -0.419. The van der Waals surface area contributed by atoms with Gasteiger partial charge in [0.2, 0.25) is 9.84 Å². The van der Waals surface area contributed by atoms with E-state index in [1.54, 1.807) is 0 Å². The Kier molecular flexibility index (Phi) is 4.21. The van der Waals surface area contributed by atoms with Gasteiger partial charge in [-0.3, -0.25) is 0 Å². The van der Waals surface area contributed by atoms with Crippen LogP contribution < -0.4 is 0 Å². The van der Waals surface area contributed by atoms with Crippen LogP contribution in [0.5, 0.6) is 0 Å². The van der Waals surface area contributed by atoms with E-state index in [1.807, 2.05) is 0 Å². The zero-order valence-electron chi connectivity index (χ0n) is 10.1. The largest absolute Gasteiger partial charge is 0.413 e. The highest BCUT2D eigenvalue weighted by Crippen LogP contribution is 2.50. The van der Waals surface area contributed by atoms with Gasteiger partial charge in [0.25, 0.3) is 0 Å². The van der Waals surface area contributed by atoms with Crippen molar-refractivity contribution in [3.05, 3.63) is 0 Å². The number of sulfone groups is 1. The molecule has 0 amide bonds. The molecule has 9 heteroatoms. The molecule has 0 aromatic carbocycles. The fourth-order valence-corrected chi connectivity index (χ4v) is 3.93. The molecule has 114 valence electrons. The zero-order chi connectivity index (χ0) is 15.1. The van der Waals surface area contributed by atoms with Gasteiger partial charge in [0, 0.05) is 6.92 Å². The first-order chi connectivity index (χ1) is 8.36. The molecule has 1 aliphatic rings. The van der Waals surface area contributed by atoms with Gasteiger partial charge < -0.3 is 0 Å². The van der Waals surface area contributed by atoms with E-state index in [0.717, 1.165) is 0 Å². The van der Waals surface area contributed by atoms with E-state index < -0.39 is 39.1 Å². The van der Waals surface area contributed by atoms with Gasteiger partial charge >= 0.3 is 17.1 Å². The Morgan fingerprint density at radius 3 is 1.68 bits per heavy atom. The van der Waals surface area contributed by atoms with Crippen LogP contribution in [0.3, 0.4) is 0 Å². The molecule has 0 bridgehead atoms. The van der Waals surface area contributed by atoms with Gasteiger partial charge in [0.1, 0.15) is 0 Å². The summed E-state index contributed by atoms with van der Waals surface area (Å²) in [6, 6.07) is 0. The summed E-state index contributed by atoms with van der Waals surface area (Å²) < 4.78 is 101. The minimum Gasteiger partial charge on any atom is -0.222 e. The monoisotopic (exact) mass is 312 g/mol. The summed E-state index contributed by atoms with van der Waals surface area (Å²) >= 11 is 0. The maximum atomic E-state index is 13.4. The molecule has 0 spiro atoms. The molecule has 0 radical (unpaired) electrons. The molecular weight excluding hydrogens is 298 g/mol. The Hall–Kier alpha value is -0.470. The lowest BCUT2D eigenvalue weighted by molar-refractivity contribution is -0.271. The van der Waals surface area contributed by atoms with Crippen LogP contribution in [0.1, 0.15) is 39.0 Å². The molecule has 0 atom stereocenters. The maximum absolute atomic E-state index is 13.4. The van der Waals surface area contributed by atoms with E-state index in [4.69, 9.17) is 0 Å². The van der Waals surface area contributed by atoms with Crippen molar-refractivity contribution in [1.29, 1.82) is 0 Å². The SMILES string of the molecule is CC(F)(F)C(F)(F)C(F)(F)S(=O)(=O)C1CCCCC1. The highest BCUT2D eigenvalue weighted by molar-refractivity contribution is 7.93. The average molecular weight is 312 g/mol. The zero-order valence-corrected chi connectivity index (χ0v) is 10.9. The van der Waals surface area contributed by atoms with Crippen molar-refractivity contribution < 1.29 is 34.8 Å². The van der Waals surface area contributed by atoms with Crippen molar-refractivity contribution in [2.75, 3.05) is 0 Å². The standard InChI is InChI=1S/C10H14F6O2S/c1-8(11,12)9(13,14)10(15,16)19(17,18)7-5-3-2-4-6-7/h7H,2-6H2,1H3. The molecule has 0 saturated heterocycles. The molecule has 0 unspecified atom stereocenters. The van der Waals surface area contributed by atoms with Crippen LogP contribution in [0.4, 0.5) is 26.3 Å². The molecule has 2 nitrogen and oxygen atoms in total. The molecule has 0 aliphatic heterocycles. The maximum Gasteiger partial charge on any atom is 0.413 e. The van der Waals surface area contributed by atoms with E-state index in [-0.39, 0.29) is 12.8 Å². The van der Waals surface area contributed by atoms with Gasteiger partial charge in [-0.05, 0) is 12.8 Å². The predicted molar refractivity (Wildman–Crippen MR) is 56.3 cm³/mol. The number of hydrogen-bond donors (Lipinski definition) is 0. The Bertz CT molecular complexity index is 420. The van der Waals surface area contributed by atoms with Gasteiger partial charge in [-0.25, -0.2) is 8.42 Å². The molecule has 0 heterocycles. The average Bonchev–Trinajstić information content (AvgIpc) is 2.28. The molecule has 1 rings (SSSR count). The minimum atomic E-state index is -5.93. The van der Waals surface area contributed by atoms with Crippen molar-refractivity contribution in [3.63, 3.8) is 0 Å². The molecule has 1 fully saturated rings. The Balaban J connectivity index is 3.17. The van der Waals surface area contributed by atoms with Crippen LogP contribution in [0.2, 0.25) is 0 Å². The highest BCUT2D eigenvalue weighted by atomic mass is 32.2. The third-order valence-corrected chi connectivity index (χ3v) is 5.59. The van der Waals surface area contributed by atoms with E-state index in [9.17, 15) is 34.8 Å². The third-order valence-electron chi connectivity index (χ3n) is 3.27. The predicted octanol–water partition coefficient (Wildman–Crippen LogP) is 3.62. The molecule has 1 saturated carbocycles. The van der Waals surface area contributed by atoms with Gasteiger partial charge in [-0.2, -0.15) is 26.3 Å². The summed E-state index contributed by atoms with van der Waals surface area (Å²) in [5.41, 5.74) is 0. The van der Waals surface area contributed by atoms with Gasteiger partial charge in [0.05, 0.1) is 5.25 Å². The second-order valence-corrected chi connectivity index (χ2v) is 7.05. The summed E-state index contributed by atoms with van der Waals surface area (Å²) in [6.07, 6.45) is 0.798. The molecule has 1 aliphatic carbocycles. The van der Waals surface area contributed by atoms with Crippen molar-refractivity contribution in [1.82, 2.24) is 0 Å². The van der Waals surface area contributed by atoms with Crippen molar-refractivity contribution in [3.8, 4) is 0 Å². The van der Waals surface area contributed by atoms with Crippen LogP contribution in [0.15, 0.2) is 0 Å². The van der Waals surface area contributed by atoms with E-state index in [0.29, 0.717) is 19.3 Å². The van der Waals surface area contributed by atoms with Gasteiger partial charge in [0.15, 0.2) is 0 Å². The van der Waals surface area contributed by atoms with E-state index in [1.165, 1.54) is 0 Å². The number of rotatable bonds is 4. The highest BCUT2D eigenvalue weighted by Gasteiger charge is 2.76. The number of alkyl halides is 6. The molecule has 0 N–H and O–H groups in total. The lowest BCUT2D eigenvalue weighted by Crippen LogP contribution is -2.58. The second kappa shape index (κ2) is 4.82. The second-order valence-electron chi connectivity index (χ2n) is 4.78. The quantitative estimate of drug-likeness (QED) is 0.743. The van der Waals surface area contributed by atoms with Gasteiger partial charge in [-0.15, -0.1) is 0 Å². The molecule has 0 aromatic heterocycles. The van der Waals surface area contributed by atoms with Crippen LogP contribution in [0.25, 0.3) is 0 Å². The first-order valence-corrected chi connectivity index (χ1v) is 7.27. The first kappa shape index (κ1) is 16.6. The third kappa shape index (κ3) is 2.57. The summed E-state index contributed by atoms with van der Waals surface area (Å²) in [5, 5.41) is -7.47. The van der Waals surface area contributed by atoms with Gasteiger partial charge in [-0.1, -0.05) is 19.3 Å². The van der Waals surface area contributed by atoms with Crippen molar-refractivity contribution >= 4 is 9.84 Å². The smallest absolute Gasteiger partial charge is 0.222 e. The Labute approximate surface area is 107 Å². The van der Waals surface area contributed by atoms with Crippen LogP contribution in [-0.2, 0) is 9.84 Å². The van der Waals surface area contributed by atoms with E-state index >= 15 is 0 Å². The van der Waals surface area contributed by atoms with Crippen LogP contribution in [0, 0.1) is 0 Å². The summed E-state index contributed by atoms with van der Waals surface area (Å²) in [4.78, 5) is 0. The molecular formula is C10H14F6O2S. The topological polar surface area (TPSA) is 34.1 Å². The van der Waals surface area contributed by atoms with Crippen LogP contribution in [-0.4, -0.2) is 30.8 Å². The Morgan fingerprint density at radius 1 is 0.895 bits per heavy atom. The Morgan fingerprint density at radius 2 is 1.32 bits per heavy atom. The van der Waals surface area contributed by atoms with E-state index in [2.05, 4.69) is 0 Å². The fraction of sp³-hybridized carbons (Fsp3) is 1.00. The normalized spacial score (nSPS) is 20.6. The summed E-state index contributed by atoms with van der Waals surface area (Å²) in [7, 11) is -5.67.